The van der Waals surface area contributed by atoms with Gasteiger partial charge >= 0.3 is 6.61 Å². The minimum Gasteiger partial charge on any atom is -0.490 e. The highest BCUT2D eigenvalue weighted by atomic mass is 19.3. The van der Waals surface area contributed by atoms with E-state index < -0.39 is 12.5 Å². The molecule has 5 nitrogen and oxygen atoms in total. The van der Waals surface area contributed by atoms with Gasteiger partial charge in [0.2, 0.25) is 0 Å². The standard InChI is InChI=1S/C21H20F2N2O3/c1-4-27-19-11-15(6-8-18(19)28-21(22)23)10-16(12-24)20(26)25-17-7-5-13(2)9-14(17)3/h5-11,21H,4H2,1-3H3,(H,25,26)/b16-10+. The number of rotatable bonds is 7. The lowest BCUT2D eigenvalue weighted by Crippen LogP contribution is -2.14. The molecule has 0 aromatic heterocycles. The maximum atomic E-state index is 12.5. The van der Waals surface area contributed by atoms with Crippen LogP contribution in [-0.2, 0) is 4.79 Å². The third-order valence-corrected chi connectivity index (χ3v) is 3.79. The summed E-state index contributed by atoms with van der Waals surface area (Å²) in [5, 5.41) is 12.1. The maximum Gasteiger partial charge on any atom is 0.387 e. The van der Waals surface area contributed by atoms with Crippen molar-refractivity contribution in [2.75, 3.05) is 11.9 Å². The number of nitrogens with zero attached hydrogens (tertiary/aromatic N) is 1. The van der Waals surface area contributed by atoms with E-state index >= 15 is 0 Å². The fraction of sp³-hybridized carbons (Fsp3) is 0.238. The largest absolute Gasteiger partial charge is 0.490 e. The van der Waals surface area contributed by atoms with Crippen LogP contribution in [0.3, 0.4) is 0 Å². The molecule has 146 valence electrons. The first-order valence-electron chi connectivity index (χ1n) is 8.56. The van der Waals surface area contributed by atoms with Gasteiger partial charge in [0, 0.05) is 5.69 Å². The summed E-state index contributed by atoms with van der Waals surface area (Å²) in [5.74, 6) is -0.587. The van der Waals surface area contributed by atoms with Gasteiger partial charge in [0.15, 0.2) is 11.5 Å². The number of ether oxygens (including phenoxy) is 2. The van der Waals surface area contributed by atoms with Gasteiger partial charge in [0.25, 0.3) is 5.91 Å². The van der Waals surface area contributed by atoms with E-state index in [0.717, 1.165) is 11.1 Å². The molecule has 2 aromatic rings. The van der Waals surface area contributed by atoms with Gasteiger partial charge in [-0.1, -0.05) is 23.8 Å². The number of amides is 1. The van der Waals surface area contributed by atoms with Gasteiger partial charge in [-0.2, -0.15) is 14.0 Å². The van der Waals surface area contributed by atoms with Crippen LogP contribution < -0.4 is 14.8 Å². The van der Waals surface area contributed by atoms with Gasteiger partial charge in [-0.3, -0.25) is 4.79 Å². The number of nitrogens with one attached hydrogen (secondary N) is 1. The zero-order valence-electron chi connectivity index (χ0n) is 15.8. The van der Waals surface area contributed by atoms with Crippen molar-refractivity contribution in [1.29, 1.82) is 5.26 Å². The Bertz CT molecular complexity index is 934. The summed E-state index contributed by atoms with van der Waals surface area (Å²) in [6.07, 6.45) is 1.35. The molecule has 0 spiro atoms. The van der Waals surface area contributed by atoms with E-state index in [1.54, 1.807) is 13.0 Å². The number of halogens is 2. The second-order valence-corrected chi connectivity index (χ2v) is 5.96. The Hall–Kier alpha value is -3.40. The molecule has 0 aliphatic carbocycles. The van der Waals surface area contributed by atoms with Gasteiger partial charge in [0.05, 0.1) is 6.61 Å². The van der Waals surface area contributed by atoms with E-state index in [0.29, 0.717) is 11.3 Å². The summed E-state index contributed by atoms with van der Waals surface area (Å²) in [6, 6.07) is 11.6. The van der Waals surface area contributed by atoms with Crippen LogP contribution in [0.1, 0.15) is 23.6 Å². The van der Waals surface area contributed by atoms with Crippen LogP contribution in [0.2, 0.25) is 0 Å². The average Bonchev–Trinajstić information content (AvgIpc) is 2.63. The number of hydrogen-bond acceptors (Lipinski definition) is 4. The van der Waals surface area contributed by atoms with E-state index in [9.17, 15) is 18.8 Å². The summed E-state index contributed by atoms with van der Waals surface area (Å²) in [5.41, 5.74) is 2.84. The molecule has 0 aliphatic rings. The topological polar surface area (TPSA) is 71.3 Å². The normalized spacial score (nSPS) is 11.1. The monoisotopic (exact) mass is 386 g/mol. The summed E-state index contributed by atoms with van der Waals surface area (Å²) in [4.78, 5) is 12.5. The Morgan fingerprint density at radius 1 is 1.21 bits per heavy atom. The quantitative estimate of drug-likeness (QED) is 0.545. The maximum absolute atomic E-state index is 12.5. The van der Waals surface area contributed by atoms with Crippen molar-refractivity contribution in [3.8, 4) is 17.6 Å². The molecule has 28 heavy (non-hydrogen) atoms. The lowest BCUT2D eigenvalue weighted by molar-refractivity contribution is -0.112. The molecule has 2 rings (SSSR count). The minimum absolute atomic E-state index is 0.101. The number of benzene rings is 2. The molecule has 0 bridgehead atoms. The van der Waals surface area contributed by atoms with Crippen molar-refractivity contribution < 1.29 is 23.0 Å². The second kappa shape index (κ2) is 9.51. The van der Waals surface area contributed by atoms with Crippen molar-refractivity contribution in [2.24, 2.45) is 0 Å². The Morgan fingerprint density at radius 3 is 2.57 bits per heavy atom. The zero-order valence-corrected chi connectivity index (χ0v) is 15.8. The van der Waals surface area contributed by atoms with Crippen LogP contribution in [0.5, 0.6) is 11.5 Å². The van der Waals surface area contributed by atoms with Crippen LogP contribution in [0.25, 0.3) is 6.08 Å². The van der Waals surface area contributed by atoms with Crippen LogP contribution in [0, 0.1) is 25.2 Å². The highest BCUT2D eigenvalue weighted by molar-refractivity contribution is 6.10. The molecule has 0 aliphatic heterocycles. The van der Waals surface area contributed by atoms with Crippen LogP contribution in [0.4, 0.5) is 14.5 Å². The SMILES string of the molecule is CCOc1cc(/C=C(\C#N)C(=O)Nc2ccc(C)cc2C)ccc1OC(F)F. The smallest absolute Gasteiger partial charge is 0.387 e. The van der Waals surface area contributed by atoms with Gasteiger partial charge in [0.1, 0.15) is 11.6 Å². The number of alkyl halides is 2. The Labute approximate surface area is 162 Å². The molecule has 1 amide bonds. The number of anilines is 1. The van der Waals surface area contributed by atoms with E-state index in [-0.39, 0.29) is 23.7 Å². The molecule has 0 atom stereocenters. The molecular weight excluding hydrogens is 366 g/mol. The van der Waals surface area contributed by atoms with Gasteiger partial charge in [-0.05, 0) is 56.2 Å². The molecule has 0 saturated heterocycles. The summed E-state index contributed by atoms with van der Waals surface area (Å²) in [7, 11) is 0. The van der Waals surface area contributed by atoms with Crippen LogP contribution in [0.15, 0.2) is 42.0 Å². The second-order valence-electron chi connectivity index (χ2n) is 5.96. The molecule has 0 radical (unpaired) electrons. The van der Waals surface area contributed by atoms with Crippen molar-refractivity contribution in [3.05, 3.63) is 58.7 Å². The van der Waals surface area contributed by atoms with Crippen molar-refractivity contribution in [1.82, 2.24) is 0 Å². The number of carbonyl (C=O) groups is 1. The first-order valence-corrected chi connectivity index (χ1v) is 8.56. The third-order valence-electron chi connectivity index (χ3n) is 3.79. The van der Waals surface area contributed by atoms with Crippen molar-refractivity contribution >= 4 is 17.7 Å². The molecule has 0 saturated carbocycles. The average molecular weight is 386 g/mol. The molecule has 0 heterocycles. The Balaban J connectivity index is 2.28. The molecule has 0 unspecified atom stereocenters. The Morgan fingerprint density at radius 2 is 1.96 bits per heavy atom. The molecule has 1 N–H and O–H groups in total. The lowest BCUT2D eigenvalue weighted by Gasteiger charge is -2.12. The number of nitriles is 1. The molecule has 0 fully saturated rings. The van der Waals surface area contributed by atoms with Gasteiger partial charge in [-0.25, -0.2) is 0 Å². The Kier molecular flexibility index (Phi) is 7.10. The predicted molar refractivity (Wildman–Crippen MR) is 102 cm³/mol. The van der Waals surface area contributed by atoms with Crippen molar-refractivity contribution in [2.45, 2.75) is 27.4 Å². The van der Waals surface area contributed by atoms with E-state index in [1.165, 1.54) is 24.3 Å². The van der Waals surface area contributed by atoms with E-state index in [4.69, 9.17) is 4.74 Å². The fourth-order valence-corrected chi connectivity index (χ4v) is 2.53. The predicted octanol–water partition coefficient (Wildman–Crippen LogP) is 4.85. The van der Waals surface area contributed by atoms with Gasteiger partial charge in [-0.15, -0.1) is 0 Å². The first-order chi connectivity index (χ1) is 13.3. The zero-order chi connectivity index (χ0) is 20.7. The van der Waals surface area contributed by atoms with E-state index in [2.05, 4.69) is 10.1 Å². The minimum atomic E-state index is -2.99. The molecule has 2 aromatic carbocycles. The molecule has 7 heteroatoms. The van der Waals surface area contributed by atoms with Gasteiger partial charge < -0.3 is 14.8 Å². The lowest BCUT2D eigenvalue weighted by atomic mass is 10.1. The summed E-state index contributed by atoms with van der Waals surface area (Å²) in [6.45, 7) is 2.75. The first kappa shape index (κ1) is 20.9. The van der Waals surface area contributed by atoms with Crippen LogP contribution in [-0.4, -0.2) is 19.1 Å². The molecular formula is C21H20F2N2O3. The summed E-state index contributed by atoms with van der Waals surface area (Å²) >= 11 is 0. The van der Waals surface area contributed by atoms with E-state index in [1.807, 2.05) is 32.0 Å². The summed E-state index contributed by atoms with van der Waals surface area (Å²) < 4.78 is 34.7. The fourth-order valence-electron chi connectivity index (χ4n) is 2.53. The highest BCUT2D eigenvalue weighted by Crippen LogP contribution is 2.30. The van der Waals surface area contributed by atoms with Crippen molar-refractivity contribution in [3.63, 3.8) is 0 Å². The highest BCUT2D eigenvalue weighted by Gasteiger charge is 2.14. The number of hydrogen-bond donors (Lipinski definition) is 1. The third kappa shape index (κ3) is 5.55. The number of aryl methyl sites for hydroxylation is 2. The van der Waals surface area contributed by atoms with Crippen LogP contribution >= 0.6 is 0 Å². The number of carbonyl (C=O) groups excluding carboxylic acids is 1.